The fraction of sp³-hybridized carbons (Fsp3) is 0.143. The third kappa shape index (κ3) is 3.08. The Hall–Kier alpha value is -2.52. The average Bonchev–Trinajstić information content (AvgIpc) is 3.05. The number of amides is 2. The van der Waals surface area contributed by atoms with Gasteiger partial charge in [-0.1, -0.05) is 5.92 Å². The Labute approximate surface area is 120 Å². The maximum atomic E-state index is 11.8. The topological polar surface area (TPSA) is 71.3 Å². The van der Waals surface area contributed by atoms with E-state index in [1.165, 1.54) is 17.6 Å². The number of rotatable bonds is 4. The van der Waals surface area contributed by atoms with E-state index < -0.39 is 0 Å². The number of thiophene rings is 1. The molecule has 5 nitrogen and oxygen atoms in total. The summed E-state index contributed by atoms with van der Waals surface area (Å²) in [5.41, 5.74) is 0.777. The zero-order valence-corrected chi connectivity index (χ0v) is 11.5. The van der Waals surface area contributed by atoms with Gasteiger partial charge >= 0.3 is 0 Å². The van der Waals surface area contributed by atoms with E-state index in [1.807, 2.05) is 0 Å². The number of nitrogens with one attached hydrogen (secondary N) is 2. The number of carbonyl (C=O) groups excluding carboxylic acids is 2. The Morgan fingerprint density at radius 2 is 2.25 bits per heavy atom. The van der Waals surface area contributed by atoms with Gasteiger partial charge in [-0.3, -0.25) is 9.59 Å². The van der Waals surface area contributed by atoms with Crippen molar-refractivity contribution in [1.82, 2.24) is 5.32 Å². The fourth-order valence-electron chi connectivity index (χ4n) is 1.56. The van der Waals surface area contributed by atoms with Gasteiger partial charge in [0.15, 0.2) is 5.76 Å². The fourth-order valence-corrected chi connectivity index (χ4v) is 2.55. The number of hydrogen-bond donors (Lipinski definition) is 2. The van der Waals surface area contributed by atoms with Crippen molar-refractivity contribution in [3.8, 4) is 12.3 Å². The minimum Gasteiger partial charge on any atom is -0.459 e. The molecule has 0 aliphatic rings. The van der Waals surface area contributed by atoms with Crippen LogP contribution in [0.3, 0.4) is 0 Å². The highest BCUT2D eigenvalue weighted by atomic mass is 32.1. The number of anilines is 1. The number of furan rings is 1. The molecule has 0 aliphatic heterocycles. The predicted octanol–water partition coefficient (Wildman–Crippen LogP) is 2.26. The van der Waals surface area contributed by atoms with Crippen molar-refractivity contribution < 1.29 is 14.0 Å². The molecule has 0 bridgehead atoms. The molecule has 2 N–H and O–H groups in total. The number of carbonyl (C=O) groups is 2. The first-order valence-corrected chi connectivity index (χ1v) is 6.60. The first-order chi connectivity index (χ1) is 9.61. The minimum absolute atomic E-state index is 0.171. The first-order valence-electron chi connectivity index (χ1n) is 5.78. The molecule has 2 amide bonds. The minimum atomic E-state index is -0.355. The van der Waals surface area contributed by atoms with Crippen LogP contribution >= 0.6 is 11.3 Å². The van der Waals surface area contributed by atoms with Gasteiger partial charge in [-0.2, -0.15) is 0 Å². The van der Waals surface area contributed by atoms with Crippen LogP contribution in [-0.2, 0) is 0 Å². The normalized spacial score (nSPS) is 9.80. The molecule has 0 unspecified atom stereocenters. The summed E-state index contributed by atoms with van der Waals surface area (Å²) < 4.78 is 5.00. The number of aryl methyl sites for hydroxylation is 1. The maximum absolute atomic E-state index is 11.8. The second kappa shape index (κ2) is 6.08. The van der Waals surface area contributed by atoms with Gasteiger partial charge in [-0.15, -0.1) is 17.8 Å². The van der Waals surface area contributed by atoms with Gasteiger partial charge in [0.2, 0.25) is 0 Å². The maximum Gasteiger partial charge on any atom is 0.291 e. The summed E-state index contributed by atoms with van der Waals surface area (Å²) in [7, 11) is 0. The lowest BCUT2D eigenvalue weighted by molar-refractivity contribution is 0.0960. The van der Waals surface area contributed by atoms with Crippen LogP contribution in [0.25, 0.3) is 0 Å². The molecule has 102 valence electrons. The van der Waals surface area contributed by atoms with Crippen molar-refractivity contribution in [3.63, 3.8) is 0 Å². The van der Waals surface area contributed by atoms with E-state index in [9.17, 15) is 9.59 Å². The van der Waals surface area contributed by atoms with Crippen molar-refractivity contribution in [2.24, 2.45) is 0 Å². The van der Waals surface area contributed by atoms with Crippen molar-refractivity contribution in [2.45, 2.75) is 6.92 Å². The van der Waals surface area contributed by atoms with Crippen LogP contribution in [-0.4, -0.2) is 18.4 Å². The van der Waals surface area contributed by atoms with Crippen molar-refractivity contribution in [3.05, 3.63) is 40.7 Å². The molecule has 2 heterocycles. The molecule has 6 heteroatoms. The summed E-state index contributed by atoms with van der Waals surface area (Å²) >= 11 is 1.19. The lowest BCUT2D eigenvalue weighted by Crippen LogP contribution is -2.23. The molecule has 2 aromatic rings. The zero-order chi connectivity index (χ0) is 14.5. The lowest BCUT2D eigenvalue weighted by Gasteiger charge is -1.99. The van der Waals surface area contributed by atoms with E-state index in [-0.39, 0.29) is 24.1 Å². The van der Waals surface area contributed by atoms with Gasteiger partial charge < -0.3 is 15.1 Å². The van der Waals surface area contributed by atoms with E-state index >= 15 is 0 Å². The van der Waals surface area contributed by atoms with Crippen molar-refractivity contribution >= 4 is 28.2 Å². The third-order valence-corrected chi connectivity index (χ3v) is 3.61. The second-order valence-electron chi connectivity index (χ2n) is 3.94. The molecular formula is C14H12N2O3S. The van der Waals surface area contributed by atoms with E-state index in [1.54, 1.807) is 25.1 Å². The molecule has 0 saturated carbocycles. The average molecular weight is 288 g/mol. The molecule has 0 radical (unpaired) electrons. The summed E-state index contributed by atoms with van der Waals surface area (Å²) in [6, 6.07) is 4.93. The molecule has 20 heavy (non-hydrogen) atoms. The molecule has 0 spiro atoms. The number of hydrogen-bond acceptors (Lipinski definition) is 4. The molecular weight excluding hydrogens is 276 g/mol. The first kappa shape index (κ1) is 13.9. The summed E-state index contributed by atoms with van der Waals surface area (Å²) in [6.45, 7) is 1.97. The zero-order valence-electron chi connectivity index (χ0n) is 10.7. The van der Waals surface area contributed by atoms with E-state index in [0.29, 0.717) is 9.88 Å². The Bertz CT molecular complexity index is 665. The van der Waals surface area contributed by atoms with Gasteiger partial charge in [0, 0.05) is 0 Å². The summed E-state index contributed by atoms with van der Waals surface area (Å²) in [6.07, 6.45) is 6.51. The Kier molecular flexibility index (Phi) is 4.23. The molecule has 0 aliphatic carbocycles. The van der Waals surface area contributed by atoms with E-state index in [2.05, 4.69) is 16.6 Å². The quantitative estimate of drug-likeness (QED) is 0.848. The molecule has 2 aromatic heterocycles. The van der Waals surface area contributed by atoms with Crippen LogP contribution in [0.5, 0.6) is 0 Å². The molecule has 2 rings (SSSR count). The highest BCUT2D eigenvalue weighted by Gasteiger charge is 2.15. The Morgan fingerprint density at radius 3 is 2.90 bits per heavy atom. The van der Waals surface area contributed by atoms with E-state index in [4.69, 9.17) is 10.8 Å². The van der Waals surface area contributed by atoms with Crippen molar-refractivity contribution in [1.29, 1.82) is 0 Å². The largest absolute Gasteiger partial charge is 0.459 e. The molecule has 0 saturated heterocycles. The monoisotopic (exact) mass is 288 g/mol. The predicted molar refractivity (Wildman–Crippen MR) is 76.9 cm³/mol. The lowest BCUT2D eigenvalue weighted by atomic mass is 10.3. The highest BCUT2D eigenvalue weighted by molar-refractivity contribution is 7.18. The van der Waals surface area contributed by atoms with Gasteiger partial charge in [-0.25, -0.2) is 0 Å². The van der Waals surface area contributed by atoms with Crippen LogP contribution in [0.2, 0.25) is 0 Å². The van der Waals surface area contributed by atoms with Gasteiger partial charge in [0.05, 0.1) is 22.7 Å². The highest BCUT2D eigenvalue weighted by Crippen LogP contribution is 2.27. The molecule has 0 aromatic carbocycles. The van der Waals surface area contributed by atoms with Crippen LogP contribution < -0.4 is 10.6 Å². The van der Waals surface area contributed by atoms with Gasteiger partial charge in [-0.05, 0) is 30.7 Å². The van der Waals surface area contributed by atoms with Crippen molar-refractivity contribution in [2.75, 3.05) is 11.9 Å². The standard InChI is InChI=1S/C14H12N2O3S/c1-3-6-15-14(18)12-9(2)8-11(20-12)16-13(17)10-5-4-7-19-10/h1,4-5,7-8H,6H2,2H3,(H,15,18)(H,16,17). The summed E-state index contributed by atoms with van der Waals surface area (Å²) in [5, 5.41) is 5.85. The Balaban J connectivity index is 2.09. The smallest absolute Gasteiger partial charge is 0.291 e. The van der Waals surface area contributed by atoms with Crippen LogP contribution in [0.15, 0.2) is 28.9 Å². The number of terminal acetylenes is 1. The van der Waals surface area contributed by atoms with Crippen LogP contribution in [0.4, 0.5) is 5.00 Å². The second-order valence-corrected chi connectivity index (χ2v) is 4.99. The van der Waals surface area contributed by atoms with Gasteiger partial charge in [0.25, 0.3) is 11.8 Å². The SMILES string of the molecule is C#CCNC(=O)c1sc(NC(=O)c2ccco2)cc1C. The van der Waals surface area contributed by atoms with E-state index in [0.717, 1.165) is 5.56 Å². The van der Waals surface area contributed by atoms with Crippen LogP contribution in [0, 0.1) is 19.3 Å². The molecule has 0 fully saturated rings. The molecule has 0 atom stereocenters. The Morgan fingerprint density at radius 1 is 1.45 bits per heavy atom. The van der Waals surface area contributed by atoms with Gasteiger partial charge in [0.1, 0.15) is 0 Å². The third-order valence-electron chi connectivity index (χ3n) is 2.46. The van der Waals surface area contributed by atoms with Crippen LogP contribution in [0.1, 0.15) is 25.8 Å². The summed E-state index contributed by atoms with van der Waals surface area (Å²) in [4.78, 5) is 24.2. The summed E-state index contributed by atoms with van der Waals surface area (Å²) in [5.74, 6) is 1.95.